The van der Waals surface area contributed by atoms with Gasteiger partial charge in [0.15, 0.2) is 0 Å². The van der Waals surface area contributed by atoms with E-state index >= 15 is 0 Å². The quantitative estimate of drug-likeness (QED) is 0.334. The van der Waals surface area contributed by atoms with Crippen LogP contribution in [0.5, 0.6) is 5.75 Å². The first kappa shape index (κ1) is 26.2. The maximum absolute atomic E-state index is 14.0. The Balaban J connectivity index is 1.13. The SMILES string of the molecule is COc1ccccc1-n1nnnc1SCC(=O)Nc1ccc(N2CCN(C(=O)c3ccccc3F)CC2)cc1. The molecule has 1 aromatic heterocycles. The molecule has 2 heterocycles. The number of methoxy groups -OCH3 is 1. The van der Waals surface area contributed by atoms with Gasteiger partial charge in [0.25, 0.3) is 5.91 Å². The Bertz CT molecular complexity index is 1460. The summed E-state index contributed by atoms with van der Waals surface area (Å²) in [5.74, 6) is -0.247. The van der Waals surface area contributed by atoms with E-state index in [0.29, 0.717) is 48.5 Å². The molecule has 0 atom stereocenters. The van der Waals surface area contributed by atoms with Crippen LogP contribution in [-0.2, 0) is 4.79 Å². The zero-order chi connectivity index (χ0) is 27.2. The second kappa shape index (κ2) is 11.9. The van der Waals surface area contributed by atoms with E-state index in [1.165, 1.54) is 28.6 Å². The Labute approximate surface area is 228 Å². The number of nitrogens with zero attached hydrogens (tertiary/aromatic N) is 6. The molecule has 0 aliphatic carbocycles. The summed E-state index contributed by atoms with van der Waals surface area (Å²) < 4.78 is 20.9. The van der Waals surface area contributed by atoms with E-state index in [2.05, 4.69) is 25.7 Å². The number of thioether (sulfide) groups is 1. The Morgan fingerprint density at radius 1 is 0.974 bits per heavy atom. The number of amides is 2. The largest absolute Gasteiger partial charge is 0.494 e. The maximum Gasteiger partial charge on any atom is 0.256 e. The molecule has 200 valence electrons. The Hall–Kier alpha value is -4.45. The predicted molar refractivity (Wildman–Crippen MR) is 146 cm³/mol. The number of carbonyl (C=O) groups excluding carboxylic acids is 2. The molecule has 39 heavy (non-hydrogen) atoms. The molecular weight excluding hydrogens is 521 g/mol. The number of hydrogen-bond acceptors (Lipinski definition) is 8. The van der Waals surface area contributed by atoms with Crippen LogP contribution in [0.15, 0.2) is 78.0 Å². The average molecular weight is 548 g/mol. The lowest BCUT2D eigenvalue weighted by molar-refractivity contribution is -0.113. The van der Waals surface area contributed by atoms with Crippen LogP contribution in [0.1, 0.15) is 10.4 Å². The molecule has 1 fully saturated rings. The number of nitrogens with one attached hydrogen (secondary N) is 1. The van der Waals surface area contributed by atoms with E-state index < -0.39 is 5.82 Å². The van der Waals surface area contributed by atoms with Gasteiger partial charge in [-0.3, -0.25) is 9.59 Å². The molecule has 12 heteroatoms. The summed E-state index contributed by atoms with van der Waals surface area (Å²) >= 11 is 1.22. The van der Waals surface area contributed by atoms with Gasteiger partial charge in [-0.05, 0) is 59.0 Å². The van der Waals surface area contributed by atoms with E-state index in [0.717, 1.165) is 5.69 Å². The van der Waals surface area contributed by atoms with Crippen molar-refractivity contribution >= 4 is 35.0 Å². The molecule has 1 N–H and O–H groups in total. The molecule has 3 aromatic carbocycles. The first-order chi connectivity index (χ1) is 19.0. The van der Waals surface area contributed by atoms with Crippen molar-refractivity contribution < 1.29 is 18.7 Å². The molecule has 1 aliphatic heterocycles. The first-order valence-electron chi connectivity index (χ1n) is 12.3. The highest BCUT2D eigenvalue weighted by atomic mass is 32.2. The number of anilines is 2. The lowest BCUT2D eigenvalue weighted by Crippen LogP contribution is -2.49. The van der Waals surface area contributed by atoms with Crippen LogP contribution in [0.4, 0.5) is 15.8 Å². The van der Waals surface area contributed by atoms with Gasteiger partial charge in [-0.1, -0.05) is 36.0 Å². The van der Waals surface area contributed by atoms with E-state index in [1.807, 2.05) is 48.5 Å². The van der Waals surface area contributed by atoms with E-state index in [9.17, 15) is 14.0 Å². The molecule has 0 saturated carbocycles. The molecule has 0 spiro atoms. The molecule has 10 nitrogen and oxygen atoms in total. The van der Waals surface area contributed by atoms with E-state index in [1.54, 1.807) is 24.1 Å². The summed E-state index contributed by atoms with van der Waals surface area (Å²) in [6.07, 6.45) is 0. The number of ether oxygens (including phenoxy) is 1. The number of rotatable bonds is 8. The molecule has 1 aliphatic rings. The van der Waals surface area contributed by atoms with Crippen LogP contribution in [0.2, 0.25) is 0 Å². The van der Waals surface area contributed by atoms with Crippen LogP contribution >= 0.6 is 11.8 Å². The second-order valence-corrected chi connectivity index (χ2v) is 9.63. The molecule has 0 unspecified atom stereocenters. The van der Waals surface area contributed by atoms with Gasteiger partial charge in [-0.15, -0.1) is 5.10 Å². The summed E-state index contributed by atoms with van der Waals surface area (Å²) in [5, 5.41) is 15.2. The summed E-state index contributed by atoms with van der Waals surface area (Å²) in [6.45, 7) is 2.25. The number of carbonyl (C=O) groups is 2. The summed E-state index contributed by atoms with van der Waals surface area (Å²) in [6, 6.07) is 20.9. The molecule has 2 amide bonds. The van der Waals surface area contributed by atoms with Crippen molar-refractivity contribution in [1.29, 1.82) is 0 Å². The number of piperazine rings is 1. The lowest BCUT2D eigenvalue weighted by atomic mass is 10.1. The van der Waals surface area contributed by atoms with E-state index in [-0.39, 0.29) is 23.1 Å². The van der Waals surface area contributed by atoms with Crippen molar-refractivity contribution in [2.24, 2.45) is 0 Å². The van der Waals surface area contributed by atoms with Crippen molar-refractivity contribution in [2.45, 2.75) is 5.16 Å². The minimum absolute atomic E-state index is 0.0977. The average Bonchev–Trinajstić information content (AvgIpc) is 3.45. The van der Waals surface area contributed by atoms with Gasteiger partial charge in [0.1, 0.15) is 17.3 Å². The molecule has 0 radical (unpaired) electrons. The van der Waals surface area contributed by atoms with Gasteiger partial charge in [0, 0.05) is 37.6 Å². The first-order valence-corrected chi connectivity index (χ1v) is 13.3. The standard InChI is InChI=1S/C27H26FN7O3S/c1-38-24-9-5-4-8-23(24)35-27(30-31-32-35)39-18-25(36)29-19-10-12-20(13-11-19)33-14-16-34(17-15-33)26(37)21-6-2-3-7-22(21)28/h2-13H,14-18H2,1H3,(H,29,36). The van der Waals surface area contributed by atoms with Gasteiger partial charge in [-0.2, -0.15) is 4.68 Å². The summed E-state index contributed by atoms with van der Waals surface area (Å²) in [4.78, 5) is 29.1. The van der Waals surface area contributed by atoms with Crippen molar-refractivity contribution in [1.82, 2.24) is 25.1 Å². The third kappa shape index (κ3) is 6.01. The topological polar surface area (TPSA) is 105 Å². The Morgan fingerprint density at radius 2 is 1.69 bits per heavy atom. The van der Waals surface area contributed by atoms with Gasteiger partial charge in [0.2, 0.25) is 11.1 Å². The fourth-order valence-electron chi connectivity index (χ4n) is 4.28. The Morgan fingerprint density at radius 3 is 2.44 bits per heavy atom. The van der Waals surface area contributed by atoms with Crippen molar-refractivity contribution in [2.75, 3.05) is 49.3 Å². The van der Waals surface area contributed by atoms with Crippen molar-refractivity contribution in [3.05, 3.63) is 84.2 Å². The predicted octanol–water partition coefficient (Wildman–Crippen LogP) is 3.50. The lowest BCUT2D eigenvalue weighted by Gasteiger charge is -2.36. The van der Waals surface area contributed by atoms with Gasteiger partial charge in [-0.25, -0.2) is 4.39 Å². The number of tetrazole rings is 1. The number of aromatic nitrogens is 4. The highest BCUT2D eigenvalue weighted by Crippen LogP contribution is 2.26. The van der Waals surface area contributed by atoms with Crippen LogP contribution < -0.4 is 15.0 Å². The van der Waals surface area contributed by atoms with Crippen LogP contribution in [0, 0.1) is 5.82 Å². The zero-order valence-electron chi connectivity index (χ0n) is 21.2. The zero-order valence-corrected chi connectivity index (χ0v) is 22.0. The van der Waals surface area contributed by atoms with Crippen LogP contribution in [-0.4, -0.2) is 76.0 Å². The van der Waals surface area contributed by atoms with Crippen molar-refractivity contribution in [3.63, 3.8) is 0 Å². The highest BCUT2D eigenvalue weighted by molar-refractivity contribution is 7.99. The monoisotopic (exact) mass is 547 g/mol. The molecule has 0 bridgehead atoms. The fraction of sp³-hybridized carbons (Fsp3) is 0.222. The highest BCUT2D eigenvalue weighted by Gasteiger charge is 2.24. The number of para-hydroxylation sites is 2. The molecular formula is C27H26FN7O3S. The number of benzene rings is 3. The summed E-state index contributed by atoms with van der Waals surface area (Å²) in [5.41, 5.74) is 2.43. The van der Waals surface area contributed by atoms with Gasteiger partial charge < -0.3 is 19.9 Å². The normalized spacial score (nSPS) is 13.3. The molecule has 4 aromatic rings. The Kier molecular flexibility index (Phi) is 8.02. The third-order valence-corrected chi connectivity index (χ3v) is 7.19. The van der Waals surface area contributed by atoms with Crippen LogP contribution in [0.25, 0.3) is 5.69 Å². The molecule has 1 saturated heterocycles. The fourth-order valence-corrected chi connectivity index (χ4v) is 4.96. The van der Waals surface area contributed by atoms with Gasteiger partial charge >= 0.3 is 0 Å². The van der Waals surface area contributed by atoms with E-state index in [4.69, 9.17) is 4.74 Å². The minimum Gasteiger partial charge on any atom is -0.494 e. The minimum atomic E-state index is -0.504. The maximum atomic E-state index is 14.0. The summed E-state index contributed by atoms with van der Waals surface area (Å²) in [7, 11) is 1.57. The number of hydrogen-bond donors (Lipinski definition) is 1. The van der Waals surface area contributed by atoms with Crippen molar-refractivity contribution in [3.8, 4) is 11.4 Å². The molecule has 5 rings (SSSR count). The third-order valence-electron chi connectivity index (χ3n) is 6.27. The smallest absolute Gasteiger partial charge is 0.256 e. The van der Waals surface area contributed by atoms with Crippen LogP contribution in [0.3, 0.4) is 0 Å². The number of halogens is 1. The van der Waals surface area contributed by atoms with Gasteiger partial charge in [0.05, 0.1) is 18.4 Å². The second-order valence-electron chi connectivity index (χ2n) is 8.69.